The Morgan fingerprint density at radius 2 is 1.92 bits per heavy atom. The van der Waals surface area contributed by atoms with Gasteiger partial charge in [0.05, 0.1) is 20.8 Å². The van der Waals surface area contributed by atoms with Crippen molar-refractivity contribution in [1.82, 2.24) is 5.32 Å². The van der Waals surface area contributed by atoms with Gasteiger partial charge in [-0.05, 0) is 48.4 Å². The van der Waals surface area contributed by atoms with E-state index in [2.05, 4.69) is 5.32 Å². The topological polar surface area (TPSA) is 56.8 Å². The monoisotopic (exact) mass is 341 g/mol. The van der Waals surface area contributed by atoms with E-state index in [-0.39, 0.29) is 5.91 Å². The lowest BCUT2D eigenvalue weighted by Gasteiger charge is -2.09. The number of hydrogen-bond acceptors (Lipinski definition) is 4. The highest BCUT2D eigenvalue weighted by Crippen LogP contribution is 2.28. The highest BCUT2D eigenvalue weighted by Gasteiger charge is 2.04. The molecule has 0 bridgehead atoms. The van der Waals surface area contributed by atoms with E-state index >= 15 is 0 Å². The summed E-state index contributed by atoms with van der Waals surface area (Å²) in [5, 5.41) is 2.85. The van der Waals surface area contributed by atoms with E-state index in [0.29, 0.717) is 24.7 Å². The maximum Gasteiger partial charge on any atom is 0.244 e. The van der Waals surface area contributed by atoms with Crippen LogP contribution in [0.1, 0.15) is 18.1 Å². The van der Waals surface area contributed by atoms with Crippen LogP contribution in [0.5, 0.6) is 17.2 Å². The Labute approximate surface area is 148 Å². The van der Waals surface area contributed by atoms with Crippen molar-refractivity contribution in [2.24, 2.45) is 0 Å². The van der Waals surface area contributed by atoms with Gasteiger partial charge < -0.3 is 19.5 Å². The molecule has 1 N–H and O–H groups in total. The Hall–Kier alpha value is -2.95. The lowest BCUT2D eigenvalue weighted by atomic mass is 10.2. The molecule has 0 heterocycles. The van der Waals surface area contributed by atoms with Gasteiger partial charge in [0.15, 0.2) is 11.5 Å². The van der Waals surface area contributed by atoms with E-state index in [1.807, 2.05) is 49.4 Å². The summed E-state index contributed by atoms with van der Waals surface area (Å²) in [6.07, 6.45) is 3.24. The molecule has 0 spiro atoms. The number of nitrogens with one attached hydrogen (secondary N) is 1. The molecule has 5 heteroatoms. The fraction of sp³-hybridized carbons (Fsp3) is 0.250. The number of hydrogen-bond donors (Lipinski definition) is 1. The van der Waals surface area contributed by atoms with Crippen LogP contribution in [0.25, 0.3) is 6.08 Å². The molecule has 1 amide bonds. The van der Waals surface area contributed by atoms with Gasteiger partial charge in [0.25, 0.3) is 0 Å². The Morgan fingerprint density at radius 3 is 2.64 bits per heavy atom. The quantitative estimate of drug-likeness (QED) is 0.748. The number of rotatable bonds is 8. The maximum absolute atomic E-state index is 12.0. The molecule has 2 aromatic rings. The Morgan fingerprint density at radius 1 is 1.08 bits per heavy atom. The van der Waals surface area contributed by atoms with Crippen molar-refractivity contribution in [3.63, 3.8) is 0 Å². The second kappa shape index (κ2) is 9.37. The van der Waals surface area contributed by atoms with Crippen molar-refractivity contribution in [2.75, 3.05) is 20.8 Å². The Kier molecular flexibility index (Phi) is 6.89. The summed E-state index contributed by atoms with van der Waals surface area (Å²) < 4.78 is 15.9. The maximum atomic E-state index is 12.0. The lowest BCUT2D eigenvalue weighted by molar-refractivity contribution is -0.116. The zero-order valence-electron chi connectivity index (χ0n) is 14.7. The van der Waals surface area contributed by atoms with Gasteiger partial charge in [0.1, 0.15) is 5.75 Å². The van der Waals surface area contributed by atoms with E-state index in [9.17, 15) is 4.79 Å². The molecule has 2 aromatic carbocycles. The van der Waals surface area contributed by atoms with Gasteiger partial charge in [-0.15, -0.1) is 0 Å². The van der Waals surface area contributed by atoms with Crippen LogP contribution in [0.3, 0.4) is 0 Å². The van der Waals surface area contributed by atoms with E-state index in [4.69, 9.17) is 14.2 Å². The highest BCUT2D eigenvalue weighted by molar-refractivity contribution is 5.91. The number of carbonyl (C=O) groups excluding carboxylic acids is 1. The van der Waals surface area contributed by atoms with Gasteiger partial charge in [-0.25, -0.2) is 0 Å². The summed E-state index contributed by atoms with van der Waals surface area (Å²) in [5.74, 6) is 1.92. The van der Waals surface area contributed by atoms with Gasteiger partial charge in [0.2, 0.25) is 5.91 Å². The summed E-state index contributed by atoms with van der Waals surface area (Å²) >= 11 is 0. The molecule has 2 rings (SSSR count). The molecular formula is C20H23NO4. The van der Waals surface area contributed by atoms with Crippen LogP contribution in [-0.2, 0) is 11.3 Å². The van der Waals surface area contributed by atoms with Crippen molar-refractivity contribution >= 4 is 12.0 Å². The van der Waals surface area contributed by atoms with Crippen LogP contribution in [-0.4, -0.2) is 26.7 Å². The zero-order chi connectivity index (χ0) is 18.1. The van der Waals surface area contributed by atoms with E-state index in [1.165, 1.54) is 6.08 Å². The summed E-state index contributed by atoms with van der Waals surface area (Å²) in [4.78, 5) is 12.0. The summed E-state index contributed by atoms with van der Waals surface area (Å²) in [6, 6.07) is 13.1. The lowest BCUT2D eigenvalue weighted by Crippen LogP contribution is -2.20. The Balaban J connectivity index is 1.96. The molecule has 0 saturated heterocycles. The van der Waals surface area contributed by atoms with Crippen LogP contribution >= 0.6 is 0 Å². The van der Waals surface area contributed by atoms with E-state index in [1.54, 1.807) is 20.3 Å². The van der Waals surface area contributed by atoms with Crippen LogP contribution in [0.15, 0.2) is 48.5 Å². The van der Waals surface area contributed by atoms with Crippen LogP contribution < -0.4 is 19.5 Å². The molecule has 0 aliphatic heterocycles. The molecule has 132 valence electrons. The molecule has 25 heavy (non-hydrogen) atoms. The van der Waals surface area contributed by atoms with Gasteiger partial charge in [-0.3, -0.25) is 4.79 Å². The van der Waals surface area contributed by atoms with Gasteiger partial charge in [-0.1, -0.05) is 18.2 Å². The minimum Gasteiger partial charge on any atom is -0.497 e. The average Bonchev–Trinajstić information content (AvgIpc) is 2.65. The van der Waals surface area contributed by atoms with Crippen molar-refractivity contribution < 1.29 is 19.0 Å². The SMILES string of the molecule is CCOc1cc(/C=C/C(=O)NCc2cccc(OC)c2)ccc1OC. The number of ether oxygens (including phenoxy) is 3. The zero-order valence-corrected chi connectivity index (χ0v) is 14.7. The molecular weight excluding hydrogens is 318 g/mol. The number of amides is 1. The second-order valence-electron chi connectivity index (χ2n) is 5.25. The summed E-state index contributed by atoms with van der Waals surface area (Å²) in [5.41, 5.74) is 1.84. The number of benzene rings is 2. The van der Waals surface area contributed by atoms with Crippen LogP contribution in [0, 0.1) is 0 Å². The smallest absolute Gasteiger partial charge is 0.244 e. The van der Waals surface area contributed by atoms with Gasteiger partial charge in [0, 0.05) is 12.6 Å². The number of methoxy groups -OCH3 is 2. The molecule has 0 atom stereocenters. The fourth-order valence-corrected chi connectivity index (χ4v) is 2.27. The van der Waals surface area contributed by atoms with E-state index in [0.717, 1.165) is 16.9 Å². The molecule has 0 unspecified atom stereocenters. The molecule has 0 aliphatic rings. The predicted octanol–water partition coefficient (Wildman–Crippen LogP) is 3.43. The third kappa shape index (κ3) is 5.57. The third-order valence-electron chi connectivity index (χ3n) is 3.52. The largest absolute Gasteiger partial charge is 0.497 e. The molecule has 5 nitrogen and oxygen atoms in total. The summed E-state index contributed by atoms with van der Waals surface area (Å²) in [7, 11) is 3.21. The van der Waals surface area contributed by atoms with Gasteiger partial charge in [-0.2, -0.15) is 0 Å². The van der Waals surface area contributed by atoms with Gasteiger partial charge >= 0.3 is 0 Å². The fourth-order valence-electron chi connectivity index (χ4n) is 2.27. The van der Waals surface area contributed by atoms with Crippen molar-refractivity contribution in [2.45, 2.75) is 13.5 Å². The first-order chi connectivity index (χ1) is 12.2. The summed E-state index contributed by atoms with van der Waals surface area (Å²) in [6.45, 7) is 2.89. The average molecular weight is 341 g/mol. The highest BCUT2D eigenvalue weighted by atomic mass is 16.5. The molecule has 0 aromatic heterocycles. The second-order valence-corrected chi connectivity index (χ2v) is 5.25. The van der Waals surface area contributed by atoms with Crippen molar-refractivity contribution in [3.05, 3.63) is 59.7 Å². The first-order valence-corrected chi connectivity index (χ1v) is 8.06. The van der Waals surface area contributed by atoms with Crippen LogP contribution in [0.4, 0.5) is 0 Å². The first-order valence-electron chi connectivity index (χ1n) is 8.06. The minimum absolute atomic E-state index is 0.170. The van der Waals surface area contributed by atoms with E-state index < -0.39 is 0 Å². The minimum atomic E-state index is -0.170. The predicted molar refractivity (Wildman–Crippen MR) is 98.0 cm³/mol. The normalized spacial score (nSPS) is 10.5. The standard InChI is InChI=1S/C20H23NO4/c1-4-25-19-13-15(8-10-18(19)24-3)9-11-20(22)21-14-16-6-5-7-17(12-16)23-2/h5-13H,4,14H2,1-3H3,(H,21,22)/b11-9+. The first kappa shape index (κ1) is 18.4. The van der Waals surface area contributed by atoms with Crippen molar-refractivity contribution in [1.29, 1.82) is 0 Å². The van der Waals surface area contributed by atoms with Crippen LogP contribution in [0.2, 0.25) is 0 Å². The molecule has 0 fully saturated rings. The number of carbonyl (C=O) groups is 1. The molecule has 0 saturated carbocycles. The molecule has 0 aliphatic carbocycles. The Bertz CT molecular complexity index is 740. The van der Waals surface area contributed by atoms with Crippen molar-refractivity contribution in [3.8, 4) is 17.2 Å². The molecule has 0 radical (unpaired) electrons. The third-order valence-corrected chi connectivity index (χ3v) is 3.52.